The van der Waals surface area contributed by atoms with Gasteiger partial charge in [0.05, 0.1) is 25.7 Å². The molecule has 0 radical (unpaired) electrons. The van der Waals surface area contributed by atoms with Crippen LogP contribution in [-0.4, -0.2) is 47.5 Å². The number of carbonyl (C=O) groups excluding carboxylic acids is 1. The van der Waals surface area contributed by atoms with E-state index in [-0.39, 0.29) is 12.3 Å². The summed E-state index contributed by atoms with van der Waals surface area (Å²) in [6.07, 6.45) is 0.347. The highest BCUT2D eigenvalue weighted by Gasteiger charge is 2.21. The molecule has 0 spiro atoms. The van der Waals surface area contributed by atoms with E-state index in [0.717, 1.165) is 17.9 Å². The Morgan fingerprint density at radius 1 is 1.40 bits per heavy atom. The van der Waals surface area contributed by atoms with E-state index in [2.05, 4.69) is 4.84 Å². The lowest BCUT2D eigenvalue weighted by atomic mass is 10.0. The molecule has 90 valence electrons. The number of unbranched alkanes of at least 4 members (excludes halogenated alkanes) is 1. The Morgan fingerprint density at radius 2 is 2.00 bits per heavy atom. The van der Waals surface area contributed by atoms with Gasteiger partial charge in [0.2, 0.25) is 5.91 Å². The summed E-state index contributed by atoms with van der Waals surface area (Å²) in [7, 11) is 2.84. The summed E-state index contributed by atoms with van der Waals surface area (Å²) < 4.78 is 0. The number of hydrogen-bond acceptors (Lipinski definition) is 4. The zero-order valence-corrected chi connectivity index (χ0v) is 9.64. The van der Waals surface area contributed by atoms with Crippen LogP contribution < -0.4 is 0 Å². The predicted molar refractivity (Wildman–Crippen MR) is 55.9 cm³/mol. The topological polar surface area (TPSA) is 70.0 Å². The predicted octanol–water partition coefficient (Wildman–Crippen LogP) is 0.308. The van der Waals surface area contributed by atoms with E-state index in [1.54, 1.807) is 0 Å². The minimum Gasteiger partial charge on any atom is -0.390 e. The molecule has 0 aromatic rings. The number of hydrogen-bond donors (Lipinski definition) is 2. The minimum atomic E-state index is -1.01. The van der Waals surface area contributed by atoms with Gasteiger partial charge in [0, 0.05) is 7.05 Å². The van der Waals surface area contributed by atoms with Crippen molar-refractivity contribution in [2.24, 2.45) is 0 Å². The molecular weight excluding hydrogens is 198 g/mol. The standard InChI is InChI=1S/C10H21NO4/c1-4-5-6-8(12)9(13)7-10(14)11(2)15-3/h8-9,12-13H,4-7H2,1-3H3/t8-,9-/m1/s1. The van der Waals surface area contributed by atoms with Gasteiger partial charge in [-0.1, -0.05) is 19.8 Å². The molecule has 0 unspecified atom stereocenters. The first-order valence-corrected chi connectivity index (χ1v) is 5.19. The molecule has 0 saturated heterocycles. The number of nitrogens with zero attached hydrogens (tertiary/aromatic N) is 1. The van der Waals surface area contributed by atoms with Gasteiger partial charge in [-0.05, 0) is 6.42 Å². The van der Waals surface area contributed by atoms with Gasteiger partial charge in [-0.2, -0.15) is 0 Å². The average Bonchev–Trinajstić information content (AvgIpc) is 2.24. The van der Waals surface area contributed by atoms with Crippen molar-refractivity contribution in [3.8, 4) is 0 Å². The average molecular weight is 219 g/mol. The smallest absolute Gasteiger partial charge is 0.248 e. The van der Waals surface area contributed by atoms with Gasteiger partial charge in [0.25, 0.3) is 0 Å². The fraction of sp³-hybridized carbons (Fsp3) is 0.900. The molecule has 0 saturated carbocycles. The summed E-state index contributed by atoms with van der Waals surface area (Å²) in [5.41, 5.74) is 0. The molecule has 0 heterocycles. The normalized spacial score (nSPS) is 14.7. The van der Waals surface area contributed by atoms with Crippen LogP contribution in [0.5, 0.6) is 0 Å². The molecule has 15 heavy (non-hydrogen) atoms. The van der Waals surface area contributed by atoms with Crippen molar-refractivity contribution >= 4 is 5.91 Å². The van der Waals surface area contributed by atoms with E-state index in [0.29, 0.717) is 6.42 Å². The molecule has 2 N–H and O–H groups in total. The van der Waals surface area contributed by atoms with Gasteiger partial charge >= 0.3 is 0 Å². The highest BCUT2D eigenvalue weighted by molar-refractivity contribution is 5.75. The zero-order chi connectivity index (χ0) is 11.8. The van der Waals surface area contributed by atoms with Crippen LogP contribution in [0, 0.1) is 0 Å². The summed E-state index contributed by atoms with van der Waals surface area (Å²) in [6, 6.07) is 0. The highest BCUT2D eigenvalue weighted by Crippen LogP contribution is 2.08. The van der Waals surface area contributed by atoms with Crippen molar-refractivity contribution in [1.29, 1.82) is 0 Å². The van der Waals surface area contributed by atoms with Gasteiger partial charge in [-0.3, -0.25) is 9.63 Å². The van der Waals surface area contributed by atoms with Crippen molar-refractivity contribution in [3.05, 3.63) is 0 Å². The summed E-state index contributed by atoms with van der Waals surface area (Å²) >= 11 is 0. The first-order valence-electron chi connectivity index (χ1n) is 5.19. The second kappa shape index (κ2) is 7.62. The monoisotopic (exact) mass is 219 g/mol. The van der Waals surface area contributed by atoms with Crippen LogP contribution >= 0.6 is 0 Å². The van der Waals surface area contributed by atoms with Crippen molar-refractivity contribution in [3.63, 3.8) is 0 Å². The number of carbonyl (C=O) groups is 1. The van der Waals surface area contributed by atoms with Crippen LogP contribution in [0.25, 0.3) is 0 Å². The Kier molecular flexibility index (Phi) is 7.29. The fourth-order valence-electron chi connectivity index (χ4n) is 1.15. The Balaban J connectivity index is 3.89. The number of aliphatic hydroxyl groups excluding tert-OH is 2. The van der Waals surface area contributed by atoms with E-state index >= 15 is 0 Å². The third-order valence-corrected chi connectivity index (χ3v) is 2.31. The van der Waals surface area contributed by atoms with Crippen LogP contribution in [0.4, 0.5) is 0 Å². The molecule has 0 aromatic carbocycles. The van der Waals surface area contributed by atoms with Crippen LogP contribution in [0.2, 0.25) is 0 Å². The van der Waals surface area contributed by atoms with E-state index < -0.39 is 12.2 Å². The van der Waals surface area contributed by atoms with Crippen molar-refractivity contribution in [2.45, 2.75) is 44.8 Å². The largest absolute Gasteiger partial charge is 0.390 e. The molecular formula is C10H21NO4. The van der Waals surface area contributed by atoms with Gasteiger partial charge in [-0.25, -0.2) is 5.06 Å². The summed E-state index contributed by atoms with van der Waals surface area (Å²) in [4.78, 5) is 16.0. The van der Waals surface area contributed by atoms with Crippen molar-refractivity contribution in [2.75, 3.05) is 14.2 Å². The van der Waals surface area contributed by atoms with E-state index in [1.807, 2.05) is 6.92 Å². The molecule has 5 heteroatoms. The Hall–Kier alpha value is -0.650. The van der Waals surface area contributed by atoms with Crippen LogP contribution in [-0.2, 0) is 9.63 Å². The maximum Gasteiger partial charge on any atom is 0.248 e. The maximum atomic E-state index is 11.3. The number of rotatable bonds is 7. The summed E-state index contributed by atoms with van der Waals surface area (Å²) in [5.74, 6) is -0.347. The lowest BCUT2D eigenvalue weighted by Gasteiger charge is -2.20. The van der Waals surface area contributed by atoms with Crippen LogP contribution in [0.15, 0.2) is 0 Å². The minimum absolute atomic E-state index is 0.116. The molecule has 1 amide bonds. The summed E-state index contributed by atoms with van der Waals surface area (Å²) in [5, 5.41) is 20.0. The molecule has 0 aromatic heterocycles. The van der Waals surface area contributed by atoms with E-state index in [1.165, 1.54) is 14.2 Å². The SMILES string of the molecule is CCCC[C@@H](O)[C@H](O)CC(=O)N(C)OC. The van der Waals surface area contributed by atoms with Crippen molar-refractivity contribution in [1.82, 2.24) is 5.06 Å². The van der Waals surface area contributed by atoms with Gasteiger partial charge in [0.1, 0.15) is 0 Å². The summed E-state index contributed by atoms with van der Waals surface area (Å²) in [6.45, 7) is 2.00. The van der Waals surface area contributed by atoms with E-state index in [4.69, 9.17) is 0 Å². The first kappa shape index (κ1) is 14.3. The molecule has 0 aliphatic heterocycles. The lowest BCUT2D eigenvalue weighted by molar-refractivity contribution is -0.172. The Bertz CT molecular complexity index is 186. The number of amides is 1. The lowest BCUT2D eigenvalue weighted by Crippen LogP contribution is -2.34. The molecule has 0 aliphatic rings. The van der Waals surface area contributed by atoms with Gasteiger partial charge < -0.3 is 10.2 Å². The van der Waals surface area contributed by atoms with Gasteiger partial charge in [-0.15, -0.1) is 0 Å². The van der Waals surface area contributed by atoms with Crippen LogP contribution in [0.1, 0.15) is 32.6 Å². The quantitative estimate of drug-likeness (QED) is 0.604. The van der Waals surface area contributed by atoms with Crippen LogP contribution in [0.3, 0.4) is 0 Å². The zero-order valence-electron chi connectivity index (χ0n) is 9.64. The molecule has 0 bridgehead atoms. The fourth-order valence-corrected chi connectivity index (χ4v) is 1.15. The molecule has 5 nitrogen and oxygen atoms in total. The number of hydroxylamine groups is 2. The third-order valence-electron chi connectivity index (χ3n) is 2.31. The highest BCUT2D eigenvalue weighted by atomic mass is 16.7. The molecule has 0 rings (SSSR count). The maximum absolute atomic E-state index is 11.3. The van der Waals surface area contributed by atoms with Crippen molar-refractivity contribution < 1.29 is 19.8 Å². The Labute approximate surface area is 90.6 Å². The Morgan fingerprint density at radius 3 is 2.47 bits per heavy atom. The second-order valence-corrected chi connectivity index (χ2v) is 3.55. The molecule has 0 aliphatic carbocycles. The third kappa shape index (κ3) is 5.71. The number of aliphatic hydroxyl groups is 2. The van der Waals surface area contributed by atoms with E-state index in [9.17, 15) is 15.0 Å². The second-order valence-electron chi connectivity index (χ2n) is 3.55. The van der Waals surface area contributed by atoms with Gasteiger partial charge in [0.15, 0.2) is 0 Å². The molecule has 0 fully saturated rings. The molecule has 2 atom stereocenters. The first-order chi connectivity index (χ1) is 7.02.